The van der Waals surface area contributed by atoms with E-state index in [0.717, 1.165) is 27.8 Å². The number of anilines is 1. The minimum absolute atomic E-state index is 0.0898. The summed E-state index contributed by atoms with van der Waals surface area (Å²) in [6, 6.07) is 16.5. The lowest BCUT2D eigenvalue weighted by molar-refractivity contribution is -0.142. The molecule has 180 valence electrons. The van der Waals surface area contributed by atoms with Crippen LogP contribution in [0.15, 0.2) is 48.5 Å². The number of fused-ring (bicyclic) bond motifs is 1. The number of rotatable bonds is 6. The van der Waals surface area contributed by atoms with Crippen LogP contribution in [0, 0.1) is 18.8 Å². The molecule has 2 aromatic carbocycles. The lowest BCUT2D eigenvalue weighted by atomic mass is 9.97. The molecule has 0 radical (unpaired) electrons. The van der Waals surface area contributed by atoms with Crippen molar-refractivity contribution in [1.82, 2.24) is 14.9 Å². The highest BCUT2D eigenvalue weighted by Gasteiger charge is 2.35. The zero-order valence-electron chi connectivity index (χ0n) is 20.9. The molecule has 1 aliphatic rings. The standard InChI is InChI=1S/C28H36N4O2/c1-18(2)15-25(33)28(34)31-13-14-32(24(17-31)19(3)4)27-22-12-11-20(5)16-23(22)29-26(30-27)21-9-7-6-8-10-21/h6-12,16,18-19,24-25,33H,13-15,17H2,1-5H3/t24-,25+/m1/s1. The molecule has 0 aliphatic carbocycles. The molecule has 6 heteroatoms. The Morgan fingerprint density at radius 3 is 2.47 bits per heavy atom. The van der Waals surface area contributed by atoms with Crippen molar-refractivity contribution in [3.63, 3.8) is 0 Å². The van der Waals surface area contributed by atoms with Gasteiger partial charge in [0, 0.05) is 30.6 Å². The highest BCUT2D eigenvalue weighted by atomic mass is 16.3. The number of aliphatic hydroxyl groups excluding tert-OH is 1. The summed E-state index contributed by atoms with van der Waals surface area (Å²) >= 11 is 0. The van der Waals surface area contributed by atoms with Crippen molar-refractivity contribution in [2.45, 2.75) is 53.2 Å². The SMILES string of the molecule is Cc1ccc2c(N3CCN(C(=O)[C@@H](O)CC(C)C)C[C@@H]3C(C)C)nc(-c3ccccc3)nc2c1. The lowest BCUT2D eigenvalue weighted by Crippen LogP contribution is -2.58. The predicted octanol–water partition coefficient (Wildman–Crippen LogP) is 4.69. The number of amides is 1. The molecule has 0 saturated carbocycles. The molecule has 0 unspecified atom stereocenters. The number of carbonyl (C=O) groups excluding carboxylic acids is 1. The molecule has 6 nitrogen and oxygen atoms in total. The Morgan fingerprint density at radius 1 is 1.06 bits per heavy atom. The van der Waals surface area contributed by atoms with Gasteiger partial charge in [-0.1, -0.05) is 64.1 Å². The van der Waals surface area contributed by atoms with Crippen LogP contribution in [0.5, 0.6) is 0 Å². The van der Waals surface area contributed by atoms with Crippen LogP contribution in [0.1, 0.15) is 39.7 Å². The number of aliphatic hydroxyl groups is 1. The monoisotopic (exact) mass is 460 g/mol. The molecule has 3 aromatic rings. The Balaban J connectivity index is 1.72. The van der Waals surface area contributed by atoms with E-state index >= 15 is 0 Å². The van der Waals surface area contributed by atoms with Crippen molar-refractivity contribution in [2.24, 2.45) is 11.8 Å². The minimum Gasteiger partial charge on any atom is -0.383 e. The highest BCUT2D eigenvalue weighted by Crippen LogP contribution is 2.32. The van der Waals surface area contributed by atoms with Gasteiger partial charge in [0.05, 0.1) is 11.6 Å². The topological polar surface area (TPSA) is 69.6 Å². The zero-order valence-corrected chi connectivity index (χ0v) is 20.9. The number of aryl methyl sites for hydroxylation is 1. The van der Waals surface area contributed by atoms with Gasteiger partial charge < -0.3 is 14.9 Å². The van der Waals surface area contributed by atoms with E-state index in [2.05, 4.69) is 43.9 Å². The lowest BCUT2D eigenvalue weighted by Gasteiger charge is -2.45. The van der Waals surface area contributed by atoms with E-state index in [4.69, 9.17) is 9.97 Å². The Kier molecular flexibility index (Phi) is 7.17. The van der Waals surface area contributed by atoms with Gasteiger partial charge in [-0.05, 0) is 42.9 Å². The molecule has 1 aliphatic heterocycles. The Morgan fingerprint density at radius 2 is 1.79 bits per heavy atom. The second-order valence-corrected chi connectivity index (χ2v) is 10.2. The molecule has 0 bridgehead atoms. The van der Waals surface area contributed by atoms with Gasteiger partial charge in [0.1, 0.15) is 11.9 Å². The van der Waals surface area contributed by atoms with Gasteiger partial charge in [-0.3, -0.25) is 4.79 Å². The van der Waals surface area contributed by atoms with E-state index in [1.807, 2.05) is 49.1 Å². The number of hydrogen-bond acceptors (Lipinski definition) is 5. The third-order valence-corrected chi connectivity index (χ3v) is 6.62. The van der Waals surface area contributed by atoms with Gasteiger partial charge in [-0.25, -0.2) is 9.97 Å². The van der Waals surface area contributed by atoms with Crippen LogP contribution < -0.4 is 4.90 Å². The van der Waals surface area contributed by atoms with Crippen molar-refractivity contribution >= 4 is 22.6 Å². The molecule has 1 amide bonds. The first-order chi connectivity index (χ1) is 16.2. The second kappa shape index (κ2) is 10.1. The van der Waals surface area contributed by atoms with Gasteiger partial charge >= 0.3 is 0 Å². The maximum Gasteiger partial charge on any atom is 0.251 e. The van der Waals surface area contributed by atoms with Gasteiger partial charge in [0.2, 0.25) is 0 Å². The van der Waals surface area contributed by atoms with Gasteiger partial charge in [-0.2, -0.15) is 0 Å². The molecule has 34 heavy (non-hydrogen) atoms. The second-order valence-electron chi connectivity index (χ2n) is 10.2. The van der Waals surface area contributed by atoms with Gasteiger partial charge in [0.25, 0.3) is 5.91 Å². The van der Waals surface area contributed by atoms with Crippen LogP contribution >= 0.6 is 0 Å². The number of piperazine rings is 1. The van der Waals surface area contributed by atoms with E-state index in [1.54, 1.807) is 0 Å². The van der Waals surface area contributed by atoms with E-state index in [0.29, 0.717) is 37.8 Å². The summed E-state index contributed by atoms with van der Waals surface area (Å²) < 4.78 is 0. The molecular weight excluding hydrogens is 424 g/mol. The molecule has 4 rings (SSSR count). The number of carbonyl (C=O) groups is 1. The van der Waals surface area contributed by atoms with Gasteiger partial charge in [0.15, 0.2) is 5.82 Å². The molecule has 2 heterocycles. The maximum absolute atomic E-state index is 13.0. The summed E-state index contributed by atoms with van der Waals surface area (Å²) in [5.41, 5.74) is 3.07. The summed E-state index contributed by atoms with van der Waals surface area (Å²) in [4.78, 5) is 27.1. The summed E-state index contributed by atoms with van der Waals surface area (Å²) in [6.07, 6.45) is -0.450. The van der Waals surface area contributed by atoms with Crippen LogP contribution in [0.25, 0.3) is 22.3 Å². The number of benzene rings is 2. The molecule has 1 N–H and O–H groups in total. The zero-order chi connectivity index (χ0) is 24.4. The smallest absolute Gasteiger partial charge is 0.251 e. The quantitative estimate of drug-likeness (QED) is 0.578. The highest BCUT2D eigenvalue weighted by molar-refractivity contribution is 5.92. The molecular formula is C28H36N4O2. The number of aromatic nitrogens is 2. The fraction of sp³-hybridized carbons (Fsp3) is 0.464. The van der Waals surface area contributed by atoms with E-state index < -0.39 is 6.10 Å². The number of nitrogens with zero attached hydrogens (tertiary/aromatic N) is 4. The molecule has 1 saturated heterocycles. The van der Waals surface area contributed by atoms with Crippen LogP contribution in [0.4, 0.5) is 5.82 Å². The first-order valence-corrected chi connectivity index (χ1v) is 12.3. The largest absolute Gasteiger partial charge is 0.383 e. The average Bonchev–Trinajstić information content (AvgIpc) is 2.82. The normalized spacial score (nSPS) is 17.6. The summed E-state index contributed by atoms with van der Waals surface area (Å²) in [5, 5.41) is 11.5. The van der Waals surface area contributed by atoms with Crippen LogP contribution in [0.3, 0.4) is 0 Å². The van der Waals surface area contributed by atoms with E-state index in [-0.39, 0.29) is 17.9 Å². The van der Waals surface area contributed by atoms with Crippen LogP contribution in [0.2, 0.25) is 0 Å². The summed E-state index contributed by atoms with van der Waals surface area (Å²) in [7, 11) is 0. The summed E-state index contributed by atoms with van der Waals surface area (Å²) in [6.45, 7) is 12.3. The van der Waals surface area contributed by atoms with Crippen LogP contribution in [-0.4, -0.2) is 57.7 Å². The molecule has 1 fully saturated rings. The fourth-order valence-electron chi connectivity index (χ4n) is 4.76. The van der Waals surface area contributed by atoms with E-state index in [9.17, 15) is 9.90 Å². The Hall–Kier alpha value is -2.99. The first-order valence-electron chi connectivity index (χ1n) is 12.3. The molecule has 1 aromatic heterocycles. The average molecular weight is 461 g/mol. The van der Waals surface area contributed by atoms with Crippen molar-refractivity contribution in [2.75, 3.05) is 24.5 Å². The number of hydrogen-bond donors (Lipinski definition) is 1. The first kappa shape index (κ1) is 24.1. The third-order valence-electron chi connectivity index (χ3n) is 6.62. The predicted molar refractivity (Wildman–Crippen MR) is 138 cm³/mol. The maximum atomic E-state index is 13.0. The Labute approximate surface area is 202 Å². The third kappa shape index (κ3) is 5.07. The summed E-state index contributed by atoms with van der Waals surface area (Å²) in [5.74, 6) is 2.04. The van der Waals surface area contributed by atoms with Crippen molar-refractivity contribution < 1.29 is 9.90 Å². The van der Waals surface area contributed by atoms with E-state index in [1.165, 1.54) is 0 Å². The van der Waals surface area contributed by atoms with Gasteiger partial charge in [-0.15, -0.1) is 0 Å². The molecule has 2 atom stereocenters. The van der Waals surface area contributed by atoms with Crippen molar-refractivity contribution in [1.29, 1.82) is 0 Å². The fourth-order valence-corrected chi connectivity index (χ4v) is 4.76. The van der Waals surface area contributed by atoms with Crippen molar-refractivity contribution in [3.8, 4) is 11.4 Å². The van der Waals surface area contributed by atoms with Crippen LogP contribution in [-0.2, 0) is 4.79 Å². The molecule has 0 spiro atoms. The Bertz CT molecular complexity index is 1150. The van der Waals surface area contributed by atoms with Crippen molar-refractivity contribution in [3.05, 3.63) is 54.1 Å². The minimum atomic E-state index is -0.938.